The molecule has 0 aromatic carbocycles. The van der Waals surface area contributed by atoms with E-state index in [0.717, 1.165) is 43.6 Å². The Labute approximate surface area is 125 Å². The molecule has 112 valence electrons. The highest BCUT2D eigenvalue weighted by Crippen LogP contribution is 2.31. The molecule has 2 fully saturated rings. The van der Waals surface area contributed by atoms with E-state index in [1.165, 1.54) is 36.8 Å². The van der Waals surface area contributed by atoms with Crippen LogP contribution in [-0.4, -0.2) is 40.7 Å². The summed E-state index contributed by atoms with van der Waals surface area (Å²) in [4.78, 5) is 14.6. The van der Waals surface area contributed by atoms with Crippen LogP contribution in [-0.2, 0) is 7.05 Å². The van der Waals surface area contributed by atoms with Crippen LogP contribution in [0.1, 0.15) is 31.4 Å². The van der Waals surface area contributed by atoms with E-state index >= 15 is 0 Å². The van der Waals surface area contributed by atoms with E-state index in [1.54, 1.807) is 0 Å². The molecule has 2 aliphatic heterocycles. The Hall–Kier alpha value is -1.78. The summed E-state index contributed by atoms with van der Waals surface area (Å²) < 4.78 is 2.19. The molecule has 5 nitrogen and oxygen atoms in total. The number of fused-ring (bicyclic) bond motifs is 1. The lowest BCUT2D eigenvalue weighted by atomic mass is 10.3. The molecule has 0 unspecified atom stereocenters. The third-order valence-electron chi connectivity index (χ3n) is 4.89. The van der Waals surface area contributed by atoms with Crippen LogP contribution in [0.25, 0.3) is 11.0 Å². The number of nitrogens with zero attached hydrogens (tertiary/aromatic N) is 5. The van der Waals surface area contributed by atoms with Gasteiger partial charge in [-0.05, 0) is 38.7 Å². The van der Waals surface area contributed by atoms with Gasteiger partial charge in [-0.25, -0.2) is 0 Å². The van der Waals surface area contributed by atoms with E-state index < -0.39 is 0 Å². The highest BCUT2D eigenvalue weighted by molar-refractivity contribution is 5.90. The van der Waals surface area contributed by atoms with Crippen LogP contribution in [0.3, 0.4) is 0 Å². The summed E-state index contributed by atoms with van der Waals surface area (Å²) in [5.74, 6) is 2.06. The van der Waals surface area contributed by atoms with E-state index in [0.29, 0.717) is 0 Å². The van der Waals surface area contributed by atoms with Crippen LogP contribution >= 0.6 is 0 Å². The third-order valence-corrected chi connectivity index (χ3v) is 4.89. The largest absolute Gasteiger partial charge is 0.356 e. The first-order valence-electron chi connectivity index (χ1n) is 8.08. The number of anilines is 2. The van der Waals surface area contributed by atoms with Crippen molar-refractivity contribution in [3.05, 3.63) is 11.8 Å². The van der Waals surface area contributed by atoms with Crippen LogP contribution in [0.4, 0.5) is 11.8 Å². The molecule has 4 rings (SSSR count). The summed E-state index contributed by atoms with van der Waals surface area (Å²) in [6, 6.07) is 2.23. The minimum atomic E-state index is 0.920. The molecule has 0 bridgehead atoms. The lowest BCUT2D eigenvalue weighted by Gasteiger charge is -2.21. The van der Waals surface area contributed by atoms with Crippen molar-refractivity contribution in [2.24, 2.45) is 7.05 Å². The van der Waals surface area contributed by atoms with Crippen molar-refractivity contribution in [3.8, 4) is 0 Å². The van der Waals surface area contributed by atoms with Crippen molar-refractivity contribution in [1.82, 2.24) is 14.5 Å². The summed E-state index contributed by atoms with van der Waals surface area (Å²) >= 11 is 0. The summed E-state index contributed by atoms with van der Waals surface area (Å²) in [5, 5.41) is 1.21. The first kappa shape index (κ1) is 12.9. The summed E-state index contributed by atoms with van der Waals surface area (Å²) in [5.41, 5.74) is 2.32. The fourth-order valence-electron chi connectivity index (χ4n) is 3.52. The van der Waals surface area contributed by atoms with Gasteiger partial charge in [0.15, 0.2) is 0 Å². The Balaban J connectivity index is 1.89. The number of hydrogen-bond acceptors (Lipinski definition) is 4. The van der Waals surface area contributed by atoms with Crippen molar-refractivity contribution in [1.29, 1.82) is 0 Å². The van der Waals surface area contributed by atoms with Gasteiger partial charge in [0.25, 0.3) is 0 Å². The number of hydrogen-bond donors (Lipinski definition) is 0. The second kappa shape index (κ2) is 4.90. The zero-order chi connectivity index (χ0) is 14.4. The zero-order valence-electron chi connectivity index (χ0n) is 13.0. The van der Waals surface area contributed by atoms with Crippen molar-refractivity contribution < 1.29 is 0 Å². The van der Waals surface area contributed by atoms with Crippen molar-refractivity contribution >= 4 is 22.8 Å². The Bertz CT molecular complexity index is 663. The van der Waals surface area contributed by atoms with Gasteiger partial charge in [0.05, 0.1) is 5.39 Å². The van der Waals surface area contributed by atoms with Gasteiger partial charge in [0, 0.05) is 38.9 Å². The molecule has 2 aliphatic rings. The first-order chi connectivity index (χ1) is 10.2. The van der Waals surface area contributed by atoms with Crippen LogP contribution in [0.5, 0.6) is 0 Å². The van der Waals surface area contributed by atoms with Crippen LogP contribution in [0.2, 0.25) is 0 Å². The van der Waals surface area contributed by atoms with Crippen LogP contribution < -0.4 is 9.80 Å². The van der Waals surface area contributed by atoms with Gasteiger partial charge in [-0.15, -0.1) is 0 Å². The smallest absolute Gasteiger partial charge is 0.229 e. The molecule has 5 heteroatoms. The number of aromatic nitrogens is 3. The lowest BCUT2D eigenvalue weighted by molar-refractivity contribution is 0.860. The normalized spacial score (nSPS) is 19.1. The molecule has 2 aromatic heterocycles. The quantitative estimate of drug-likeness (QED) is 0.850. The zero-order valence-corrected chi connectivity index (χ0v) is 13.0. The molecule has 0 saturated carbocycles. The topological polar surface area (TPSA) is 37.2 Å². The summed E-state index contributed by atoms with van der Waals surface area (Å²) in [6.45, 7) is 6.58. The van der Waals surface area contributed by atoms with Gasteiger partial charge in [0.1, 0.15) is 11.5 Å². The Morgan fingerprint density at radius 3 is 2.38 bits per heavy atom. The fourth-order valence-corrected chi connectivity index (χ4v) is 3.52. The third kappa shape index (κ3) is 2.06. The van der Waals surface area contributed by atoms with E-state index in [2.05, 4.69) is 34.4 Å². The Morgan fingerprint density at radius 2 is 1.67 bits per heavy atom. The second-order valence-electron chi connectivity index (χ2n) is 6.32. The number of aryl methyl sites for hydroxylation is 2. The van der Waals surface area contributed by atoms with E-state index in [-0.39, 0.29) is 0 Å². The minimum Gasteiger partial charge on any atom is -0.356 e. The van der Waals surface area contributed by atoms with E-state index in [4.69, 9.17) is 9.97 Å². The molecule has 21 heavy (non-hydrogen) atoms. The predicted molar refractivity (Wildman–Crippen MR) is 86.1 cm³/mol. The standard InChI is InChI=1S/C16H23N5/c1-12-11-13-14(19(12)2)17-16(21-9-5-6-10-21)18-15(13)20-7-3-4-8-20/h11H,3-10H2,1-2H3/i16+2. The van der Waals surface area contributed by atoms with Gasteiger partial charge in [-0.1, -0.05) is 0 Å². The molecule has 2 aromatic rings. The monoisotopic (exact) mass is 287 g/mol. The molecule has 0 radical (unpaired) electrons. The molecule has 0 spiro atoms. The van der Waals surface area contributed by atoms with Crippen molar-refractivity contribution in [2.45, 2.75) is 32.6 Å². The highest BCUT2D eigenvalue weighted by atomic mass is 15.8. The minimum absolute atomic E-state index is 0.920. The van der Waals surface area contributed by atoms with E-state index in [9.17, 15) is 0 Å². The molecular weight excluding hydrogens is 264 g/mol. The molecule has 0 aliphatic carbocycles. The van der Waals surface area contributed by atoms with Gasteiger partial charge in [0.2, 0.25) is 5.95 Å². The Morgan fingerprint density at radius 1 is 1.00 bits per heavy atom. The molecule has 0 N–H and O–H groups in total. The Kier molecular flexibility index (Phi) is 3.01. The van der Waals surface area contributed by atoms with Gasteiger partial charge >= 0.3 is 0 Å². The second-order valence-corrected chi connectivity index (χ2v) is 6.32. The van der Waals surface area contributed by atoms with Crippen molar-refractivity contribution in [2.75, 3.05) is 36.0 Å². The van der Waals surface area contributed by atoms with E-state index in [1.807, 2.05) is 0 Å². The van der Waals surface area contributed by atoms with Crippen LogP contribution in [0.15, 0.2) is 6.07 Å². The molecule has 0 amide bonds. The fraction of sp³-hybridized carbons (Fsp3) is 0.625. The molecular formula is C16H23N5. The van der Waals surface area contributed by atoms with Gasteiger partial charge in [-0.2, -0.15) is 9.97 Å². The average molecular weight is 287 g/mol. The first-order valence-corrected chi connectivity index (χ1v) is 8.08. The SMILES string of the molecule is Cc1cc2c(N3CCCC3)n[14c](N3CCCC3)nc2n1C. The summed E-state index contributed by atoms with van der Waals surface area (Å²) in [7, 11) is 2.10. The van der Waals surface area contributed by atoms with Gasteiger partial charge < -0.3 is 14.4 Å². The maximum atomic E-state index is 4.95. The molecule has 4 heterocycles. The lowest BCUT2D eigenvalue weighted by Crippen LogP contribution is -2.24. The molecule has 0 atom stereocenters. The highest BCUT2D eigenvalue weighted by Gasteiger charge is 2.23. The van der Waals surface area contributed by atoms with Crippen molar-refractivity contribution in [3.63, 3.8) is 0 Å². The summed E-state index contributed by atoms with van der Waals surface area (Å²) in [6.07, 6.45) is 5.06. The van der Waals surface area contributed by atoms with Crippen LogP contribution in [0, 0.1) is 6.92 Å². The number of rotatable bonds is 2. The average Bonchev–Trinajstić information content (AvgIpc) is 3.22. The molecule has 2 saturated heterocycles. The maximum absolute atomic E-state index is 4.95. The van der Waals surface area contributed by atoms with Gasteiger partial charge in [-0.3, -0.25) is 0 Å². The predicted octanol–water partition coefficient (Wildman–Crippen LogP) is 2.48. The maximum Gasteiger partial charge on any atom is 0.229 e.